The summed E-state index contributed by atoms with van der Waals surface area (Å²) in [6, 6.07) is 9.02. The minimum atomic E-state index is -0.0337. The Kier molecular flexibility index (Phi) is 6.04. The molecular formula is C20H29N5O. The summed E-state index contributed by atoms with van der Waals surface area (Å²) in [5.41, 5.74) is 3.08. The molecule has 1 atom stereocenters. The van der Waals surface area contributed by atoms with Crippen molar-refractivity contribution in [2.45, 2.75) is 46.2 Å². The number of aryl methyl sites for hydroxylation is 1. The molecule has 6 heteroatoms. The number of amides is 1. The van der Waals surface area contributed by atoms with Crippen LogP contribution in [0.15, 0.2) is 30.5 Å². The van der Waals surface area contributed by atoms with E-state index in [1.807, 2.05) is 24.7 Å². The van der Waals surface area contributed by atoms with E-state index in [1.54, 1.807) is 4.90 Å². The number of piperidine rings is 1. The second kappa shape index (κ2) is 8.45. The zero-order valence-corrected chi connectivity index (χ0v) is 16.1. The molecule has 1 saturated heterocycles. The zero-order chi connectivity index (χ0) is 18.5. The van der Waals surface area contributed by atoms with E-state index < -0.39 is 0 Å². The Morgan fingerprint density at radius 3 is 2.65 bits per heavy atom. The second-order valence-electron chi connectivity index (χ2n) is 7.08. The topological polar surface area (TPSA) is 54.3 Å². The van der Waals surface area contributed by atoms with E-state index in [0.29, 0.717) is 18.8 Å². The van der Waals surface area contributed by atoms with E-state index in [2.05, 4.69) is 46.4 Å². The summed E-state index contributed by atoms with van der Waals surface area (Å²) in [7, 11) is 0. The van der Waals surface area contributed by atoms with Crippen LogP contribution in [-0.2, 0) is 6.54 Å². The molecule has 2 heterocycles. The Morgan fingerprint density at radius 1 is 1.23 bits per heavy atom. The van der Waals surface area contributed by atoms with E-state index in [-0.39, 0.29) is 11.9 Å². The lowest BCUT2D eigenvalue weighted by Gasteiger charge is -2.32. The SMILES string of the molecule is CCN(CC)C(=O)c1cn(C2CCCN(Cc3ccc(C)cc3)C2)nn1. The fourth-order valence-corrected chi connectivity index (χ4v) is 3.57. The van der Waals surface area contributed by atoms with Crippen molar-refractivity contribution in [1.82, 2.24) is 24.8 Å². The van der Waals surface area contributed by atoms with Crippen LogP contribution in [0, 0.1) is 6.92 Å². The maximum Gasteiger partial charge on any atom is 0.276 e. The smallest absolute Gasteiger partial charge is 0.276 e. The molecule has 2 aromatic rings. The van der Waals surface area contributed by atoms with Gasteiger partial charge in [0, 0.05) is 26.2 Å². The average molecular weight is 355 g/mol. The fraction of sp³-hybridized carbons (Fsp3) is 0.550. The summed E-state index contributed by atoms with van der Waals surface area (Å²) in [5, 5.41) is 8.39. The van der Waals surface area contributed by atoms with Gasteiger partial charge in [0.15, 0.2) is 5.69 Å². The Labute approximate surface area is 155 Å². The standard InChI is InChI=1S/C20H29N5O/c1-4-24(5-2)20(26)19-15-25(22-21-19)18-7-6-12-23(14-18)13-17-10-8-16(3)9-11-17/h8-11,15,18H,4-7,12-14H2,1-3H3. The van der Waals surface area contributed by atoms with Gasteiger partial charge in [-0.2, -0.15) is 0 Å². The molecule has 0 radical (unpaired) electrons. The van der Waals surface area contributed by atoms with Gasteiger partial charge in [-0.05, 0) is 45.7 Å². The van der Waals surface area contributed by atoms with Crippen molar-refractivity contribution in [2.24, 2.45) is 0 Å². The highest BCUT2D eigenvalue weighted by Crippen LogP contribution is 2.22. The first-order valence-electron chi connectivity index (χ1n) is 9.59. The molecule has 140 valence electrons. The Balaban J connectivity index is 1.64. The molecule has 1 aromatic carbocycles. The number of nitrogens with zero attached hydrogens (tertiary/aromatic N) is 5. The monoisotopic (exact) mass is 355 g/mol. The molecule has 0 aliphatic carbocycles. The molecule has 0 bridgehead atoms. The summed E-state index contributed by atoms with van der Waals surface area (Å²) >= 11 is 0. The fourth-order valence-electron chi connectivity index (χ4n) is 3.57. The predicted octanol–water partition coefficient (Wildman–Crippen LogP) is 2.91. The Bertz CT molecular complexity index is 720. The van der Waals surface area contributed by atoms with Crippen LogP contribution in [0.1, 0.15) is 54.3 Å². The van der Waals surface area contributed by atoms with Gasteiger partial charge in [0.1, 0.15) is 0 Å². The van der Waals surface area contributed by atoms with Gasteiger partial charge in [-0.3, -0.25) is 9.69 Å². The summed E-state index contributed by atoms with van der Waals surface area (Å²) in [5.74, 6) is -0.0337. The lowest BCUT2D eigenvalue weighted by atomic mass is 10.0. The lowest BCUT2D eigenvalue weighted by Crippen LogP contribution is -2.36. The van der Waals surface area contributed by atoms with Gasteiger partial charge in [-0.25, -0.2) is 4.68 Å². The number of benzene rings is 1. The number of carbonyl (C=O) groups excluding carboxylic acids is 1. The van der Waals surface area contributed by atoms with E-state index in [1.165, 1.54) is 11.1 Å². The normalized spacial score (nSPS) is 18.0. The highest BCUT2D eigenvalue weighted by atomic mass is 16.2. The number of rotatable bonds is 6. The van der Waals surface area contributed by atoms with Crippen molar-refractivity contribution < 1.29 is 4.79 Å². The largest absolute Gasteiger partial charge is 0.338 e. The number of aromatic nitrogens is 3. The van der Waals surface area contributed by atoms with Gasteiger partial charge in [0.25, 0.3) is 5.91 Å². The minimum absolute atomic E-state index is 0.0337. The van der Waals surface area contributed by atoms with E-state index >= 15 is 0 Å². The van der Waals surface area contributed by atoms with Crippen molar-refractivity contribution in [3.8, 4) is 0 Å². The summed E-state index contributed by atoms with van der Waals surface area (Å²) < 4.78 is 1.89. The van der Waals surface area contributed by atoms with E-state index in [4.69, 9.17) is 0 Å². The van der Waals surface area contributed by atoms with Gasteiger partial charge in [-0.1, -0.05) is 35.0 Å². The minimum Gasteiger partial charge on any atom is -0.338 e. The zero-order valence-electron chi connectivity index (χ0n) is 16.1. The van der Waals surface area contributed by atoms with Crippen LogP contribution in [0.5, 0.6) is 0 Å². The quantitative estimate of drug-likeness (QED) is 0.799. The van der Waals surface area contributed by atoms with Gasteiger partial charge in [0.05, 0.1) is 12.2 Å². The molecule has 26 heavy (non-hydrogen) atoms. The first kappa shape index (κ1) is 18.6. The molecule has 1 unspecified atom stereocenters. The van der Waals surface area contributed by atoms with Gasteiger partial charge in [-0.15, -0.1) is 5.10 Å². The molecular weight excluding hydrogens is 326 g/mol. The highest BCUT2D eigenvalue weighted by molar-refractivity contribution is 5.91. The van der Waals surface area contributed by atoms with Crippen LogP contribution < -0.4 is 0 Å². The maximum atomic E-state index is 12.4. The summed E-state index contributed by atoms with van der Waals surface area (Å²) in [6.07, 6.45) is 4.03. The molecule has 1 aliphatic rings. The van der Waals surface area contributed by atoms with Crippen LogP contribution in [-0.4, -0.2) is 56.9 Å². The predicted molar refractivity (Wildman–Crippen MR) is 102 cm³/mol. The molecule has 6 nitrogen and oxygen atoms in total. The molecule has 0 saturated carbocycles. The molecule has 0 N–H and O–H groups in total. The third kappa shape index (κ3) is 4.30. The van der Waals surface area contributed by atoms with Crippen LogP contribution in [0.3, 0.4) is 0 Å². The van der Waals surface area contributed by atoms with Crippen molar-refractivity contribution in [3.05, 3.63) is 47.3 Å². The van der Waals surface area contributed by atoms with Crippen LogP contribution >= 0.6 is 0 Å². The van der Waals surface area contributed by atoms with Crippen LogP contribution in [0.2, 0.25) is 0 Å². The Hall–Kier alpha value is -2.21. The number of likely N-dealkylation sites (tertiary alicyclic amines) is 1. The van der Waals surface area contributed by atoms with Gasteiger partial charge >= 0.3 is 0 Å². The number of hydrogen-bond donors (Lipinski definition) is 0. The summed E-state index contributed by atoms with van der Waals surface area (Å²) in [6.45, 7) is 10.5. The van der Waals surface area contributed by atoms with Crippen LogP contribution in [0.25, 0.3) is 0 Å². The van der Waals surface area contributed by atoms with Crippen molar-refractivity contribution in [2.75, 3.05) is 26.2 Å². The molecule has 0 spiro atoms. The molecule has 1 aliphatic heterocycles. The molecule has 1 aromatic heterocycles. The first-order chi connectivity index (χ1) is 12.6. The molecule has 3 rings (SSSR count). The van der Waals surface area contributed by atoms with Crippen molar-refractivity contribution in [3.63, 3.8) is 0 Å². The van der Waals surface area contributed by atoms with Gasteiger partial charge in [0.2, 0.25) is 0 Å². The van der Waals surface area contributed by atoms with E-state index in [0.717, 1.165) is 32.5 Å². The molecule has 1 amide bonds. The first-order valence-corrected chi connectivity index (χ1v) is 9.59. The van der Waals surface area contributed by atoms with Gasteiger partial charge < -0.3 is 4.90 Å². The number of hydrogen-bond acceptors (Lipinski definition) is 4. The Morgan fingerprint density at radius 2 is 1.96 bits per heavy atom. The number of carbonyl (C=O) groups is 1. The average Bonchev–Trinajstić information content (AvgIpc) is 3.15. The third-order valence-corrected chi connectivity index (χ3v) is 5.16. The lowest BCUT2D eigenvalue weighted by molar-refractivity contribution is 0.0767. The third-order valence-electron chi connectivity index (χ3n) is 5.16. The van der Waals surface area contributed by atoms with E-state index in [9.17, 15) is 4.79 Å². The second-order valence-corrected chi connectivity index (χ2v) is 7.08. The van der Waals surface area contributed by atoms with Crippen LogP contribution in [0.4, 0.5) is 0 Å². The highest BCUT2D eigenvalue weighted by Gasteiger charge is 2.24. The maximum absolute atomic E-state index is 12.4. The van der Waals surface area contributed by atoms with Crippen molar-refractivity contribution in [1.29, 1.82) is 0 Å². The summed E-state index contributed by atoms with van der Waals surface area (Å²) in [4.78, 5) is 16.7. The van der Waals surface area contributed by atoms with Crippen molar-refractivity contribution >= 4 is 5.91 Å². The molecule has 1 fully saturated rings.